The molecular formula is C23H46N2O6P+. The van der Waals surface area contributed by atoms with Crippen molar-refractivity contribution in [1.29, 1.82) is 0 Å². The molecule has 0 fully saturated rings. The van der Waals surface area contributed by atoms with E-state index in [0.29, 0.717) is 17.4 Å². The minimum absolute atomic E-state index is 0.0549. The van der Waals surface area contributed by atoms with Gasteiger partial charge in [0.1, 0.15) is 13.2 Å². The molecule has 0 saturated carbocycles. The van der Waals surface area contributed by atoms with Gasteiger partial charge in [0.05, 0.1) is 39.9 Å². The fraction of sp³-hybridized carbons (Fsp3) is 0.783. The molecule has 0 aliphatic rings. The summed E-state index contributed by atoms with van der Waals surface area (Å²) in [6, 6.07) is -0.849. The molecule has 0 aromatic rings. The van der Waals surface area contributed by atoms with Gasteiger partial charge in [-0.25, -0.2) is 4.57 Å². The molecule has 3 unspecified atom stereocenters. The van der Waals surface area contributed by atoms with E-state index in [1.807, 2.05) is 27.2 Å². The Morgan fingerprint density at radius 3 is 2.31 bits per heavy atom. The number of phosphoric acid groups is 1. The van der Waals surface area contributed by atoms with Gasteiger partial charge in [0.2, 0.25) is 5.91 Å². The number of hydrogen-bond donors (Lipinski definition) is 3. The molecule has 0 saturated heterocycles. The van der Waals surface area contributed by atoms with Crippen molar-refractivity contribution >= 4 is 13.7 Å². The number of aliphatic hydroxyl groups excluding tert-OH is 1. The van der Waals surface area contributed by atoms with Crippen molar-refractivity contribution in [2.45, 2.75) is 77.4 Å². The van der Waals surface area contributed by atoms with Crippen LogP contribution >= 0.6 is 7.82 Å². The van der Waals surface area contributed by atoms with Gasteiger partial charge in [0.25, 0.3) is 0 Å². The third-order valence-corrected chi connectivity index (χ3v) is 5.64. The Labute approximate surface area is 194 Å². The highest BCUT2D eigenvalue weighted by atomic mass is 31.2. The van der Waals surface area contributed by atoms with Crippen molar-refractivity contribution in [3.8, 4) is 0 Å². The number of rotatable bonds is 19. The van der Waals surface area contributed by atoms with Crippen molar-refractivity contribution in [1.82, 2.24) is 5.32 Å². The van der Waals surface area contributed by atoms with Crippen LogP contribution in [-0.4, -0.2) is 73.4 Å². The van der Waals surface area contributed by atoms with Crippen LogP contribution in [0, 0.1) is 0 Å². The molecule has 3 N–H and O–H groups in total. The molecule has 0 rings (SSSR count). The maximum Gasteiger partial charge on any atom is 0.472 e. The lowest BCUT2D eigenvalue weighted by Gasteiger charge is -2.25. The minimum atomic E-state index is -4.29. The third-order valence-electron chi connectivity index (χ3n) is 4.66. The van der Waals surface area contributed by atoms with Crippen LogP contribution in [0.4, 0.5) is 0 Å². The number of aliphatic hydroxyl groups is 1. The minimum Gasteiger partial charge on any atom is -0.387 e. The first-order valence-corrected chi connectivity index (χ1v) is 13.2. The second kappa shape index (κ2) is 17.5. The molecular weight excluding hydrogens is 431 g/mol. The van der Waals surface area contributed by atoms with Gasteiger partial charge in [-0.05, 0) is 25.7 Å². The number of nitrogens with one attached hydrogen (secondary N) is 1. The number of unbranched alkanes of at least 4 members (excludes halogenated alkanes) is 4. The number of hydrogen-bond acceptors (Lipinski definition) is 5. The summed E-state index contributed by atoms with van der Waals surface area (Å²) in [6.45, 7) is 4.43. The van der Waals surface area contributed by atoms with Crippen LogP contribution in [0.2, 0.25) is 0 Å². The highest BCUT2D eigenvalue weighted by Crippen LogP contribution is 2.43. The fourth-order valence-corrected chi connectivity index (χ4v) is 3.38. The number of allylic oxidation sites excluding steroid dienone is 3. The van der Waals surface area contributed by atoms with Gasteiger partial charge < -0.3 is 19.8 Å². The number of likely N-dealkylation sites (N-methyl/N-ethyl adjacent to an activating group) is 1. The van der Waals surface area contributed by atoms with Gasteiger partial charge in [-0.15, -0.1) is 0 Å². The van der Waals surface area contributed by atoms with Crippen LogP contribution < -0.4 is 5.32 Å². The Morgan fingerprint density at radius 1 is 1.03 bits per heavy atom. The molecule has 32 heavy (non-hydrogen) atoms. The van der Waals surface area contributed by atoms with E-state index in [1.54, 1.807) is 6.08 Å². The lowest BCUT2D eigenvalue weighted by atomic mass is 10.1. The maximum atomic E-state index is 12.2. The topological polar surface area (TPSA) is 105 Å². The summed E-state index contributed by atoms with van der Waals surface area (Å²) in [5.41, 5.74) is 0. The van der Waals surface area contributed by atoms with E-state index < -0.39 is 20.0 Å². The van der Waals surface area contributed by atoms with E-state index in [-0.39, 0.29) is 19.1 Å². The van der Waals surface area contributed by atoms with Crippen LogP contribution in [0.1, 0.15) is 65.2 Å². The Bertz CT molecular complexity index is 604. The van der Waals surface area contributed by atoms with Crippen molar-refractivity contribution in [2.24, 2.45) is 0 Å². The second-order valence-electron chi connectivity index (χ2n) is 9.00. The van der Waals surface area contributed by atoms with Gasteiger partial charge >= 0.3 is 7.82 Å². The van der Waals surface area contributed by atoms with Crippen LogP contribution in [-0.2, 0) is 18.4 Å². The molecule has 9 heteroatoms. The quantitative estimate of drug-likeness (QED) is 0.113. The summed E-state index contributed by atoms with van der Waals surface area (Å²) in [4.78, 5) is 22.2. The van der Waals surface area contributed by atoms with E-state index >= 15 is 0 Å². The molecule has 0 bridgehead atoms. The molecule has 0 aromatic carbocycles. The van der Waals surface area contributed by atoms with Crippen molar-refractivity contribution in [3.05, 3.63) is 24.3 Å². The molecule has 0 radical (unpaired) electrons. The molecule has 3 atom stereocenters. The van der Waals surface area contributed by atoms with Gasteiger partial charge in [0.15, 0.2) is 0 Å². The first-order valence-electron chi connectivity index (χ1n) is 11.7. The molecule has 0 aliphatic heterocycles. The maximum absolute atomic E-state index is 12.2. The van der Waals surface area contributed by atoms with E-state index in [9.17, 15) is 19.4 Å². The van der Waals surface area contributed by atoms with Crippen molar-refractivity contribution < 1.29 is 32.9 Å². The monoisotopic (exact) mass is 477 g/mol. The Kier molecular flexibility index (Phi) is 16.9. The molecule has 0 aromatic heterocycles. The highest BCUT2D eigenvalue weighted by molar-refractivity contribution is 7.47. The van der Waals surface area contributed by atoms with Gasteiger partial charge in [0, 0.05) is 6.42 Å². The lowest BCUT2D eigenvalue weighted by molar-refractivity contribution is -0.870. The zero-order valence-electron chi connectivity index (χ0n) is 20.7. The number of quaternary nitrogens is 1. The molecule has 8 nitrogen and oxygen atoms in total. The normalized spacial score (nSPS) is 16.3. The average molecular weight is 478 g/mol. The van der Waals surface area contributed by atoms with Crippen LogP contribution in [0.25, 0.3) is 0 Å². The molecule has 0 spiro atoms. The second-order valence-corrected chi connectivity index (χ2v) is 10.5. The number of nitrogens with zero attached hydrogens (tertiary/aromatic N) is 1. The predicted octanol–water partition coefficient (Wildman–Crippen LogP) is 3.94. The fourth-order valence-electron chi connectivity index (χ4n) is 2.65. The van der Waals surface area contributed by atoms with Crippen molar-refractivity contribution in [3.63, 3.8) is 0 Å². The first-order chi connectivity index (χ1) is 15.0. The Balaban J connectivity index is 4.83. The van der Waals surface area contributed by atoms with Crippen molar-refractivity contribution in [2.75, 3.05) is 40.9 Å². The zero-order valence-corrected chi connectivity index (χ0v) is 21.6. The molecule has 188 valence electrons. The number of phosphoric ester groups is 1. The smallest absolute Gasteiger partial charge is 0.387 e. The van der Waals surface area contributed by atoms with Crippen LogP contribution in [0.3, 0.4) is 0 Å². The molecule has 1 amide bonds. The zero-order chi connectivity index (χ0) is 24.5. The average Bonchev–Trinajstić information content (AvgIpc) is 2.69. The Hall–Kier alpha value is -1.02. The number of carbonyl (C=O) groups is 1. The largest absolute Gasteiger partial charge is 0.472 e. The number of amides is 1. The first kappa shape index (κ1) is 31.0. The van der Waals surface area contributed by atoms with Crippen LogP contribution in [0.5, 0.6) is 0 Å². The Morgan fingerprint density at radius 2 is 1.69 bits per heavy atom. The number of carbonyl (C=O) groups excluding carboxylic acids is 1. The van der Waals surface area contributed by atoms with Gasteiger partial charge in [-0.1, -0.05) is 57.4 Å². The summed E-state index contributed by atoms with van der Waals surface area (Å²) in [5.74, 6) is -0.222. The summed E-state index contributed by atoms with van der Waals surface area (Å²) >= 11 is 0. The summed E-state index contributed by atoms with van der Waals surface area (Å²) in [5, 5.41) is 13.3. The third kappa shape index (κ3) is 18.5. The van der Waals surface area contributed by atoms with E-state index in [0.717, 1.165) is 44.9 Å². The lowest BCUT2D eigenvalue weighted by Crippen LogP contribution is -2.45. The standard InChI is InChI=1S/C23H45N2O6P/c1-6-8-10-11-12-13-15-16-22(26)21(24-23(27)17-14-9-7-2)20-31-32(28,29)30-19-18-25(3,4)5/h10-11,15-16,21-22,26H,6-9,12-14,17-20H2,1-5H3,(H-,24,27,28,29)/p+1/b11-10+,16-15+. The van der Waals surface area contributed by atoms with E-state index in [2.05, 4.69) is 31.3 Å². The summed E-state index contributed by atoms with van der Waals surface area (Å²) in [7, 11) is 1.54. The van der Waals surface area contributed by atoms with E-state index in [4.69, 9.17) is 9.05 Å². The summed E-state index contributed by atoms with van der Waals surface area (Å²) in [6.07, 6.45) is 13.4. The summed E-state index contributed by atoms with van der Waals surface area (Å²) < 4.78 is 22.9. The SMILES string of the molecule is CCC/C=C/CC/C=C/C(O)C(COP(=O)(O)OCC[N+](C)(C)C)NC(=O)CCCCC. The predicted molar refractivity (Wildman–Crippen MR) is 129 cm³/mol. The van der Waals surface area contributed by atoms with E-state index in [1.165, 1.54) is 0 Å². The van der Waals surface area contributed by atoms with Crippen LogP contribution in [0.15, 0.2) is 24.3 Å². The van der Waals surface area contributed by atoms with Gasteiger partial charge in [-0.3, -0.25) is 13.8 Å². The van der Waals surface area contributed by atoms with Gasteiger partial charge in [-0.2, -0.15) is 0 Å². The highest BCUT2D eigenvalue weighted by Gasteiger charge is 2.27. The molecule has 0 aliphatic carbocycles. The molecule has 0 heterocycles.